The second-order valence-electron chi connectivity index (χ2n) is 9.41. The third-order valence-corrected chi connectivity index (χ3v) is 7.42. The van der Waals surface area contributed by atoms with Crippen LogP contribution in [0.5, 0.6) is 0 Å². The van der Waals surface area contributed by atoms with E-state index in [9.17, 15) is 9.59 Å². The molecule has 7 heteroatoms. The summed E-state index contributed by atoms with van der Waals surface area (Å²) in [5.74, 6) is -0.0523. The van der Waals surface area contributed by atoms with Crippen LogP contribution >= 0.6 is 0 Å². The summed E-state index contributed by atoms with van der Waals surface area (Å²) >= 11 is 0. The van der Waals surface area contributed by atoms with E-state index in [0.29, 0.717) is 39.0 Å². The van der Waals surface area contributed by atoms with E-state index < -0.39 is 5.54 Å². The van der Waals surface area contributed by atoms with Gasteiger partial charge in [0, 0.05) is 51.4 Å². The van der Waals surface area contributed by atoms with Crippen molar-refractivity contribution < 1.29 is 14.3 Å². The second kappa shape index (κ2) is 10.1. The van der Waals surface area contributed by atoms with Crippen LogP contribution in [0.2, 0.25) is 0 Å². The summed E-state index contributed by atoms with van der Waals surface area (Å²) in [6, 6.07) is 20.1. The number of amides is 3. The number of benzene rings is 2. The molecule has 3 aromatic rings. The third-order valence-electron chi connectivity index (χ3n) is 7.42. The van der Waals surface area contributed by atoms with Gasteiger partial charge >= 0.3 is 6.03 Å². The van der Waals surface area contributed by atoms with Gasteiger partial charge in [0.15, 0.2) is 0 Å². The van der Waals surface area contributed by atoms with Crippen LogP contribution in [0.4, 0.5) is 4.79 Å². The van der Waals surface area contributed by atoms with E-state index >= 15 is 0 Å². The Hall–Kier alpha value is -3.29. The lowest BCUT2D eigenvalue weighted by molar-refractivity contribution is -0.135. The Morgan fingerprint density at radius 1 is 0.943 bits per heavy atom. The Balaban J connectivity index is 1.31. The molecule has 3 amide bonds. The molecule has 2 aliphatic heterocycles. The topological polar surface area (TPSA) is 66.0 Å². The molecule has 5 rings (SSSR count). The first-order valence-electron chi connectivity index (χ1n) is 12.3. The summed E-state index contributed by atoms with van der Waals surface area (Å²) in [4.78, 5) is 37.2. The smallest absolute Gasteiger partial charge is 0.327 e. The molecule has 7 nitrogen and oxygen atoms in total. The first-order chi connectivity index (χ1) is 17.1. The minimum atomic E-state index is -0.775. The fourth-order valence-corrected chi connectivity index (χ4v) is 5.46. The van der Waals surface area contributed by atoms with Crippen molar-refractivity contribution in [1.82, 2.24) is 19.7 Å². The molecule has 2 saturated heterocycles. The third kappa shape index (κ3) is 4.54. The normalized spacial score (nSPS) is 18.2. The van der Waals surface area contributed by atoms with Gasteiger partial charge < -0.3 is 9.64 Å². The molecule has 3 heterocycles. The fourth-order valence-electron chi connectivity index (χ4n) is 5.46. The average Bonchev–Trinajstić information content (AvgIpc) is 3.08. The number of piperidine rings is 1. The predicted octanol–water partition coefficient (Wildman–Crippen LogP) is 3.72. The van der Waals surface area contributed by atoms with Gasteiger partial charge in [-0.1, -0.05) is 48.5 Å². The molecule has 35 heavy (non-hydrogen) atoms. The highest BCUT2D eigenvalue weighted by molar-refractivity contribution is 6.07. The Bertz CT molecular complexity index is 1190. The number of likely N-dealkylation sites (tertiary alicyclic amines) is 1. The quantitative estimate of drug-likeness (QED) is 0.468. The van der Waals surface area contributed by atoms with E-state index in [1.165, 1.54) is 10.5 Å². The van der Waals surface area contributed by atoms with Crippen molar-refractivity contribution in [3.8, 4) is 0 Å². The lowest BCUT2D eigenvalue weighted by atomic mass is 9.85. The molecule has 0 atom stereocenters. The van der Waals surface area contributed by atoms with Crippen LogP contribution in [0.15, 0.2) is 66.9 Å². The number of carbonyl (C=O) groups excluding carboxylic acids is 2. The molecule has 0 saturated carbocycles. The van der Waals surface area contributed by atoms with Gasteiger partial charge in [0.25, 0.3) is 5.91 Å². The van der Waals surface area contributed by atoms with Crippen molar-refractivity contribution in [2.75, 3.05) is 39.9 Å². The Morgan fingerprint density at radius 3 is 2.46 bits per heavy atom. The zero-order valence-electron chi connectivity index (χ0n) is 20.2. The minimum Gasteiger partial charge on any atom is -0.383 e. The first kappa shape index (κ1) is 23.5. The monoisotopic (exact) mass is 472 g/mol. The highest BCUT2D eigenvalue weighted by atomic mass is 16.5. The van der Waals surface area contributed by atoms with Crippen LogP contribution in [0.25, 0.3) is 10.9 Å². The van der Waals surface area contributed by atoms with E-state index in [0.717, 1.165) is 36.1 Å². The number of rotatable bonds is 8. The molecule has 0 unspecified atom stereocenters. The number of fused-ring (bicyclic) bond motifs is 1. The molecule has 2 aliphatic rings. The predicted molar refractivity (Wildman–Crippen MR) is 135 cm³/mol. The highest BCUT2D eigenvalue weighted by Crippen LogP contribution is 2.38. The largest absolute Gasteiger partial charge is 0.383 e. The number of para-hydroxylation sites is 1. The standard InChI is InChI=1S/C28H32N4O3/c1-35-20-19-32-27(34)31(16-12-22-7-3-2-4-8-22)26(33)28(32)13-17-30(18-14-28)21-23-11-15-29-25-10-6-5-9-24(23)25/h2-11,15H,12-14,16-21H2,1H3. The maximum atomic E-state index is 13.7. The molecular weight excluding hydrogens is 440 g/mol. The number of nitrogens with zero attached hydrogens (tertiary/aromatic N) is 4. The van der Waals surface area contributed by atoms with Crippen LogP contribution < -0.4 is 0 Å². The SMILES string of the molecule is COCCN1C(=O)N(CCc2ccccc2)C(=O)C12CCN(Cc1ccnc3ccccc13)CC2. The number of urea groups is 1. The molecule has 1 aromatic heterocycles. The molecule has 0 N–H and O–H groups in total. The Labute approximate surface area is 206 Å². The molecular formula is C28H32N4O3. The summed E-state index contributed by atoms with van der Waals surface area (Å²) in [5, 5.41) is 1.16. The van der Waals surface area contributed by atoms with Gasteiger partial charge in [-0.05, 0) is 42.5 Å². The van der Waals surface area contributed by atoms with Crippen LogP contribution in [0.3, 0.4) is 0 Å². The van der Waals surface area contributed by atoms with Gasteiger partial charge in [-0.2, -0.15) is 0 Å². The molecule has 182 valence electrons. The lowest BCUT2D eigenvalue weighted by Crippen LogP contribution is -2.57. The Morgan fingerprint density at radius 2 is 1.69 bits per heavy atom. The fraction of sp³-hybridized carbons (Fsp3) is 0.393. The molecule has 0 bridgehead atoms. The molecule has 0 radical (unpaired) electrons. The van der Waals surface area contributed by atoms with Crippen molar-refractivity contribution >= 4 is 22.8 Å². The van der Waals surface area contributed by atoms with Gasteiger partial charge in [0.1, 0.15) is 5.54 Å². The van der Waals surface area contributed by atoms with Crippen molar-refractivity contribution in [3.05, 3.63) is 78.0 Å². The van der Waals surface area contributed by atoms with Crippen molar-refractivity contribution in [2.45, 2.75) is 31.3 Å². The number of carbonyl (C=O) groups is 2. The molecule has 2 fully saturated rings. The first-order valence-corrected chi connectivity index (χ1v) is 12.3. The number of methoxy groups -OCH3 is 1. The number of hydrogen-bond donors (Lipinski definition) is 0. The number of ether oxygens (including phenoxy) is 1. The summed E-state index contributed by atoms with van der Waals surface area (Å²) in [5.41, 5.74) is 2.58. The van der Waals surface area contributed by atoms with E-state index in [-0.39, 0.29) is 11.9 Å². The van der Waals surface area contributed by atoms with Gasteiger partial charge in [-0.25, -0.2) is 4.79 Å². The molecule has 1 spiro atoms. The minimum absolute atomic E-state index is 0.0523. The highest BCUT2D eigenvalue weighted by Gasteiger charge is 2.57. The van der Waals surface area contributed by atoms with Crippen LogP contribution in [0, 0.1) is 0 Å². The zero-order chi connectivity index (χ0) is 24.3. The average molecular weight is 473 g/mol. The van der Waals surface area contributed by atoms with Crippen molar-refractivity contribution in [3.63, 3.8) is 0 Å². The Kier molecular flexibility index (Phi) is 6.79. The van der Waals surface area contributed by atoms with Crippen molar-refractivity contribution in [1.29, 1.82) is 0 Å². The summed E-state index contributed by atoms with van der Waals surface area (Å²) in [6.07, 6.45) is 3.78. The number of pyridine rings is 1. The summed E-state index contributed by atoms with van der Waals surface area (Å²) in [6.45, 7) is 3.56. The van der Waals surface area contributed by atoms with Crippen LogP contribution in [-0.2, 0) is 22.5 Å². The summed E-state index contributed by atoms with van der Waals surface area (Å²) in [7, 11) is 1.63. The lowest BCUT2D eigenvalue weighted by Gasteiger charge is -2.42. The van der Waals surface area contributed by atoms with Crippen LogP contribution in [0.1, 0.15) is 24.0 Å². The molecule has 0 aliphatic carbocycles. The van der Waals surface area contributed by atoms with Gasteiger partial charge in [0.2, 0.25) is 0 Å². The summed E-state index contributed by atoms with van der Waals surface area (Å²) < 4.78 is 5.29. The van der Waals surface area contributed by atoms with Gasteiger partial charge in [0.05, 0.1) is 12.1 Å². The second-order valence-corrected chi connectivity index (χ2v) is 9.41. The number of hydrogen-bond acceptors (Lipinski definition) is 5. The number of aromatic nitrogens is 1. The van der Waals surface area contributed by atoms with E-state index in [1.807, 2.05) is 54.7 Å². The van der Waals surface area contributed by atoms with Crippen molar-refractivity contribution in [2.24, 2.45) is 0 Å². The molecule has 2 aromatic carbocycles. The van der Waals surface area contributed by atoms with E-state index in [4.69, 9.17) is 4.74 Å². The van der Waals surface area contributed by atoms with Gasteiger partial charge in [-0.3, -0.25) is 19.6 Å². The van der Waals surface area contributed by atoms with E-state index in [2.05, 4.69) is 22.0 Å². The van der Waals surface area contributed by atoms with E-state index in [1.54, 1.807) is 12.0 Å². The zero-order valence-corrected chi connectivity index (χ0v) is 20.2. The van der Waals surface area contributed by atoms with Crippen LogP contribution in [-0.4, -0.2) is 77.1 Å². The van der Waals surface area contributed by atoms with Gasteiger partial charge in [-0.15, -0.1) is 0 Å². The maximum absolute atomic E-state index is 13.7. The maximum Gasteiger partial charge on any atom is 0.327 e. The number of imide groups is 1.